The molecule has 0 heterocycles. The third kappa shape index (κ3) is 7.65. The van der Waals surface area contributed by atoms with Gasteiger partial charge in [-0.3, -0.25) is 4.79 Å². The first-order chi connectivity index (χ1) is 10.1. The lowest BCUT2D eigenvalue weighted by molar-refractivity contribution is -0.121. The molecule has 0 aliphatic heterocycles. The number of carbonyl (C=O) groups is 1. The van der Waals surface area contributed by atoms with Gasteiger partial charge in [0.2, 0.25) is 5.91 Å². The van der Waals surface area contributed by atoms with Crippen LogP contribution in [0.4, 0.5) is 11.4 Å². The van der Waals surface area contributed by atoms with Crippen molar-refractivity contribution in [2.45, 2.75) is 13.3 Å². The molecule has 1 amide bonds. The zero-order chi connectivity index (χ0) is 15.5. The zero-order valence-corrected chi connectivity index (χ0v) is 12.7. The Kier molecular flexibility index (Phi) is 8.42. The Morgan fingerprint density at radius 1 is 1.19 bits per heavy atom. The molecule has 0 unspecified atom stereocenters. The van der Waals surface area contributed by atoms with E-state index in [1.54, 1.807) is 13.2 Å². The van der Waals surface area contributed by atoms with E-state index in [1.165, 1.54) is 0 Å². The van der Waals surface area contributed by atoms with Crippen LogP contribution in [0.3, 0.4) is 0 Å². The van der Waals surface area contributed by atoms with E-state index >= 15 is 0 Å². The summed E-state index contributed by atoms with van der Waals surface area (Å²) in [7, 11) is 1.66. The minimum Gasteiger partial charge on any atom is -0.398 e. The predicted octanol–water partition coefficient (Wildman–Crippen LogP) is 1.59. The second-order valence-corrected chi connectivity index (χ2v) is 4.63. The Morgan fingerprint density at radius 2 is 1.95 bits per heavy atom. The number of hydrogen-bond donors (Lipinski definition) is 2. The van der Waals surface area contributed by atoms with Gasteiger partial charge in [-0.2, -0.15) is 0 Å². The number of nitrogens with one attached hydrogen (secondary N) is 1. The summed E-state index contributed by atoms with van der Waals surface area (Å²) in [6, 6.07) is 5.40. The van der Waals surface area contributed by atoms with E-state index in [0.29, 0.717) is 37.8 Å². The van der Waals surface area contributed by atoms with Crippen LogP contribution in [0.5, 0.6) is 0 Å². The van der Waals surface area contributed by atoms with E-state index < -0.39 is 0 Å². The summed E-state index contributed by atoms with van der Waals surface area (Å²) >= 11 is 0. The number of rotatable bonds is 10. The van der Waals surface area contributed by atoms with Gasteiger partial charge in [0.15, 0.2) is 0 Å². The molecule has 0 fully saturated rings. The van der Waals surface area contributed by atoms with Gasteiger partial charge in [0.25, 0.3) is 0 Å². The van der Waals surface area contributed by atoms with Crippen LogP contribution in [0.2, 0.25) is 0 Å². The maximum absolute atomic E-state index is 11.6. The van der Waals surface area contributed by atoms with E-state index in [-0.39, 0.29) is 12.5 Å². The highest BCUT2D eigenvalue weighted by atomic mass is 16.5. The molecule has 0 aromatic heterocycles. The van der Waals surface area contributed by atoms with Crippen molar-refractivity contribution in [3.63, 3.8) is 0 Å². The summed E-state index contributed by atoms with van der Waals surface area (Å²) < 4.78 is 15.4. The Hall–Kier alpha value is -1.63. The lowest BCUT2D eigenvalue weighted by Gasteiger charge is -2.08. The lowest BCUT2D eigenvalue weighted by atomic mass is 10.2. The third-order valence-corrected chi connectivity index (χ3v) is 2.81. The van der Waals surface area contributed by atoms with Crippen LogP contribution in [0.15, 0.2) is 18.2 Å². The van der Waals surface area contributed by atoms with E-state index in [4.69, 9.17) is 19.9 Å². The fraction of sp³-hybridized carbons (Fsp3) is 0.533. The molecule has 0 spiro atoms. The fourth-order valence-electron chi connectivity index (χ4n) is 1.61. The molecular formula is C15H24N2O4. The number of anilines is 2. The van der Waals surface area contributed by atoms with Gasteiger partial charge in [-0.25, -0.2) is 0 Å². The molecule has 118 valence electrons. The maximum atomic E-state index is 11.6. The molecule has 6 heteroatoms. The van der Waals surface area contributed by atoms with Gasteiger partial charge < -0.3 is 25.3 Å². The van der Waals surface area contributed by atoms with Gasteiger partial charge >= 0.3 is 0 Å². The molecule has 0 saturated heterocycles. The van der Waals surface area contributed by atoms with Crippen molar-refractivity contribution in [2.24, 2.45) is 0 Å². The number of benzene rings is 1. The van der Waals surface area contributed by atoms with Gasteiger partial charge in [-0.1, -0.05) is 6.07 Å². The predicted molar refractivity (Wildman–Crippen MR) is 82.4 cm³/mol. The molecule has 0 radical (unpaired) electrons. The van der Waals surface area contributed by atoms with E-state index in [2.05, 4.69) is 5.32 Å². The first kappa shape index (κ1) is 17.4. The SMILES string of the molecule is COCCCOCCOCC(=O)Nc1ccc(C)c(N)c1. The van der Waals surface area contributed by atoms with Crippen LogP contribution in [0, 0.1) is 6.92 Å². The number of nitrogen functional groups attached to an aromatic ring is 1. The van der Waals surface area contributed by atoms with Crippen LogP contribution < -0.4 is 11.1 Å². The number of nitrogens with two attached hydrogens (primary N) is 1. The molecule has 6 nitrogen and oxygen atoms in total. The summed E-state index contributed by atoms with van der Waals surface area (Å²) in [4.78, 5) is 11.6. The summed E-state index contributed by atoms with van der Waals surface area (Å²) in [5, 5.41) is 2.73. The summed E-state index contributed by atoms with van der Waals surface area (Å²) in [6.07, 6.45) is 0.853. The van der Waals surface area contributed by atoms with Crippen LogP contribution in [-0.2, 0) is 19.0 Å². The highest BCUT2D eigenvalue weighted by Gasteiger charge is 2.03. The van der Waals surface area contributed by atoms with Crippen LogP contribution in [-0.4, -0.2) is 46.1 Å². The standard InChI is InChI=1S/C15H24N2O4/c1-12-4-5-13(10-14(12)16)17-15(18)11-21-9-8-20-7-3-6-19-2/h4-5,10H,3,6-9,11,16H2,1-2H3,(H,17,18). The quantitative estimate of drug-likeness (QED) is 0.506. The van der Waals surface area contributed by atoms with Crippen molar-refractivity contribution < 1.29 is 19.0 Å². The topological polar surface area (TPSA) is 82.8 Å². The zero-order valence-electron chi connectivity index (χ0n) is 12.7. The highest BCUT2D eigenvalue weighted by molar-refractivity contribution is 5.92. The van der Waals surface area contributed by atoms with Crippen molar-refractivity contribution in [1.82, 2.24) is 0 Å². The number of carbonyl (C=O) groups excluding carboxylic acids is 1. The van der Waals surface area contributed by atoms with Crippen molar-refractivity contribution in [2.75, 3.05) is 51.2 Å². The Bertz CT molecular complexity index is 438. The summed E-state index contributed by atoms with van der Waals surface area (Å²) in [5.41, 5.74) is 8.08. The van der Waals surface area contributed by atoms with Crippen LogP contribution in [0.25, 0.3) is 0 Å². The maximum Gasteiger partial charge on any atom is 0.250 e. The summed E-state index contributed by atoms with van der Waals surface area (Å²) in [5.74, 6) is -0.211. The van der Waals surface area contributed by atoms with Crippen LogP contribution >= 0.6 is 0 Å². The number of ether oxygens (including phenoxy) is 3. The van der Waals surface area contributed by atoms with Gasteiger partial charge in [-0.05, 0) is 31.0 Å². The number of amides is 1. The second-order valence-electron chi connectivity index (χ2n) is 4.63. The largest absolute Gasteiger partial charge is 0.398 e. The van der Waals surface area contributed by atoms with Gasteiger partial charge in [0.1, 0.15) is 6.61 Å². The Labute approximate surface area is 125 Å². The molecule has 1 rings (SSSR count). The van der Waals surface area contributed by atoms with E-state index in [9.17, 15) is 4.79 Å². The molecule has 1 aromatic carbocycles. The second kappa shape index (κ2) is 10.1. The third-order valence-electron chi connectivity index (χ3n) is 2.81. The summed E-state index contributed by atoms with van der Waals surface area (Å²) in [6.45, 7) is 4.08. The lowest BCUT2D eigenvalue weighted by Crippen LogP contribution is -2.20. The number of aryl methyl sites for hydroxylation is 1. The first-order valence-corrected chi connectivity index (χ1v) is 6.94. The molecule has 1 aromatic rings. The number of methoxy groups -OCH3 is 1. The molecule has 0 atom stereocenters. The fourth-order valence-corrected chi connectivity index (χ4v) is 1.61. The monoisotopic (exact) mass is 296 g/mol. The van der Waals surface area contributed by atoms with Gasteiger partial charge in [0, 0.05) is 31.7 Å². The Morgan fingerprint density at radius 3 is 2.67 bits per heavy atom. The van der Waals surface area contributed by atoms with Crippen LogP contribution in [0.1, 0.15) is 12.0 Å². The number of hydrogen-bond acceptors (Lipinski definition) is 5. The van der Waals surface area contributed by atoms with Gasteiger partial charge in [0.05, 0.1) is 13.2 Å². The molecule has 0 saturated carbocycles. The molecule has 21 heavy (non-hydrogen) atoms. The van der Waals surface area contributed by atoms with Gasteiger partial charge in [-0.15, -0.1) is 0 Å². The smallest absolute Gasteiger partial charge is 0.250 e. The van der Waals surface area contributed by atoms with Crippen molar-refractivity contribution in [1.29, 1.82) is 0 Å². The highest BCUT2D eigenvalue weighted by Crippen LogP contribution is 2.16. The van der Waals surface area contributed by atoms with E-state index in [0.717, 1.165) is 12.0 Å². The molecule has 0 aliphatic carbocycles. The average molecular weight is 296 g/mol. The van der Waals surface area contributed by atoms with E-state index in [1.807, 2.05) is 19.1 Å². The van der Waals surface area contributed by atoms with Crippen molar-refractivity contribution in [3.05, 3.63) is 23.8 Å². The van der Waals surface area contributed by atoms with Crippen molar-refractivity contribution >= 4 is 17.3 Å². The molecule has 3 N–H and O–H groups in total. The molecule has 0 bridgehead atoms. The Balaban J connectivity index is 2.10. The van der Waals surface area contributed by atoms with Crippen molar-refractivity contribution in [3.8, 4) is 0 Å². The molecular weight excluding hydrogens is 272 g/mol. The minimum atomic E-state index is -0.211. The minimum absolute atomic E-state index is 0.00475. The average Bonchev–Trinajstić information content (AvgIpc) is 2.46. The molecule has 0 aliphatic rings. The normalized spacial score (nSPS) is 10.6. The first-order valence-electron chi connectivity index (χ1n) is 6.94.